The largest absolute Gasteiger partial charge is 0.126 e. The van der Waals surface area contributed by atoms with Gasteiger partial charge >= 0.3 is 0 Å². The molecule has 0 bridgehead atoms. The highest BCUT2D eigenvalue weighted by Crippen LogP contribution is 2.41. The minimum absolute atomic E-state index is 0.389. The van der Waals surface area contributed by atoms with Crippen LogP contribution in [0.3, 0.4) is 0 Å². The van der Waals surface area contributed by atoms with Gasteiger partial charge in [-0.25, -0.2) is 0 Å². The average Bonchev–Trinajstić information content (AvgIpc) is 2.94. The number of allylic oxidation sites excluding steroid dienone is 1. The van der Waals surface area contributed by atoms with Crippen molar-refractivity contribution in [3.63, 3.8) is 0 Å². The fourth-order valence-corrected chi connectivity index (χ4v) is 4.95. The van der Waals surface area contributed by atoms with Crippen molar-refractivity contribution in [3.05, 3.63) is 65.4 Å². The lowest BCUT2D eigenvalue weighted by Gasteiger charge is -2.35. The molecule has 38 heavy (non-hydrogen) atoms. The molecule has 212 valence electrons. The summed E-state index contributed by atoms with van der Waals surface area (Å²) in [6.07, 6.45) is 17.7. The van der Waals surface area contributed by atoms with E-state index in [1.165, 1.54) is 99.0 Å². The number of hydrogen-bond acceptors (Lipinski definition) is 0. The van der Waals surface area contributed by atoms with Crippen molar-refractivity contribution in [2.45, 2.75) is 139 Å². The van der Waals surface area contributed by atoms with Gasteiger partial charge in [0.15, 0.2) is 0 Å². The van der Waals surface area contributed by atoms with Crippen LogP contribution in [-0.2, 0) is 6.42 Å². The Hall–Kier alpha value is -2.22. The first-order chi connectivity index (χ1) is 18.5. The van der Waals surface area contributed by atoms with Gasteiger partial charge in [-0.15, -0.1) is 11.7 Å². The first-order valence-electron chi connectivity index (χ1n) is 15.8. The summed E-state index contributed by atoms with van der Waals surface area (Å²) in [5, 5.41) is 2.76. The van der Waals surface area contributed by atoms with Crippen LogP contribution in [0.25, 0.3) is 10.8 Å². The minimum atomic E-state index is 0.389. The van der Waals surface area contributed by atoms with Crippen molar-refractivity contribution < 1.29 is 0 Å². The topological polar surface area (TPSA) is 0 Å². The summed E-state index contributed by atoms with van der Waals surface area (Å²) in [4.78, 5) is 0. The molecule has 2 aliphatic rings. The van der Waals surface area contributed by atoms with E-state index in [9.17, 15) is 0 Å². The fourth-order valence-electron chi connectivity index (χ4n) is 4.95. The van der Waals surface area contributed by atoms with Gasteiger partial charge < -0.3 is 0 Å². The predicted octanol–water partition coefficient (Wildman–Crippen LogP) is 12.5. The molecule has 0 radical (unpaired) electrons. The van der Waals surface area contributed by atoms with E-state index in [1.807, 2.05) is 33.8 Å². The first-order valence-corrected chi connectivity index (χ1v) is 15.8. The van der Waals surface area contributed by atoms with Gasteiger partial charge in [0.2, 0.25) is 0 Å². The number of aryl methyl sites for hydroxylation is 1. The molecule has 2 fully saturated rings. The van der Waals surface area contributed by atoms with Crippen molar-refractivity contribution in [1.29, 1.82) is 0 Å². The zero-order valence-corrected chi connectivity index (χ0v) is 26.7. The van der Waals surface area contributed by atoms with Gasteiger partial charge in [0.05, 0.1) is 0 Å². The molecular weight excluding hydrogens is 456 g/mol. The number of fused-ring (bicyclic) bond motifs is 1. The third-order valence-electron chi connectivity index (χ3n) is 7.41. The quantitative estimate of drug-likeness (QED) is 0.280. The van der Waals surface area contributed by atoms with E-state index in [-0.39, 0.29) is 0 Å². The zero-order valence-electron chi connectivity index (χ0n) is 26.7. The van der Waals surface area contributed by atoms with Crippen molar-refractivity contribution >= 4 is 10.8 Å². The third-order valence-corrected chi connectivity index (χ3v) is 7.41. The molecule has 0 aromatic heterocycles. The molecule has 0 heteroatoms. The maximum absolute atomic E-state index is 3.44. The van der Waals surface area contributed by atoms with Crippen LogP contribution in [0.5, 0.6) is 0 Å². The third kappa shape index (κ3) is 13.5. The van der Waals surface area contributed by atoms with Crippen molar-refractivity contribution in [2.24, 2.45) is 11.3 Å². The van der Waals surface area contributed by atoms with Crippen LogP contribution in [0.15, 0.2) is 59.8 Å². The van der Waals surface area contributed by atoms with Crippen LogP contribution < -0.4 is 0 Å². The van der Waals surface area contributed by atoms with Crippen molar-refractivity contribution in [2.75, 3.05) is 0 Å². The van der Waals surface area contributed by atoms with Gasteiger partial charge in [-0.1, -0.05) is 116 Å². The lowest BCUT2D eigenvalue weighted by Crippen LogP contribution is -2.25. The Labute approximate surface area is 238 Å². The lowest BCUT2D eigenvalue weighted by atomic mass is 9.69. The zero-order chi connectivity index (χ0) is 28.7. The summed E-state index contributed by atoms with van der Waals surface area (Å²) in [6.45, 7) is 19.1. The van der Waals surface area contributed by atoms with E-state index in [0.29, 0.717) is 5.41 Å². The molecule has 2 aromatic rings. The summed E-state index contributed by atoms with van der Waals surface area (Å²) in [5.41, 5.74) is 6.54. The number of hydrogen-bond donors (Lipinski definition) is 0. The first kappa shape index (κ1) is 35.8. The Morgan fingerprint density at radius 2 is 1.50 bits per heavy atom. The molecule has 0 heterocycles. The molecule has 0 amide bonds. The van der Waals surface area contributed by atoms with E-state index < -0.39 is 0 Å². The normalized spacial score (nSPS) is 19.0. The van der Waals surface area contributed by atoms with Gasteiger partial charge in [-0.2, -0.15) is 0 Å². The molecule has 0 nitrogen and oxygen atoms in total. The molecule has 2 aliphatic carbocycles. The van der Waals surface area contributed by atoms with E-state index in [1.54, 1.807) is 0 Å². The van der Waals surface area contributed by atoms with Gasteiger partial charge in [0.25, 0.3) is 0 Å². The Balaban J connectivity index is 0.000000515. The Bertz CT molecular complexity index is 955. The number of benzene rings is 2. The van der Waals surface area contributed by atoms with Crippen molar-refractivity contribution in [1.82, 2.24) is 0 Å². The maximum atomic E-state index is 3.44. The molecule has 2 saturated carbocycles. The molecule has 0 atom stereocenters. The van der Waals surface area contributed by atoms with E-state index in [4.69, 9.17) is 0 Å². The van der Waals surface area contributed by atoms with Crippen molar-refractivity contribution in [3.8, 4) is 11.8 Å². The summed E-state index contributed by atoms with van der Waals surface area (Å²) >= 11 is 0. The highest BCUT2D eigenvalue weighted by Gasteiger charge is 2.31. The Morgan fingerprint density at radius 1 is 0.895 bits per heavy atom. The SMILES string of the molecule is CC.CC#CC1(CC)CCC(CC)CC1.CC=C=C1CCC1.CCC.CCCc1cccc2ccccc12. The van der Waals surface area contributed by atoms with Gasteiger partial charge in [-0.05, 0) is 106 Å². The smallest absolute Gasteiger partial charge is 0.0312 e. The fraction of sp³-hybridized carbons (Fsp3) is 0.605. The van der Waals surface area contributed by atoms with Crippen LogP contribution in [-0.4, -0.2) is 0 Å². The lowest BCUT2D eigenvalue weighted by molar-refractivity contribution is 0.203. The number of rotatable bonds is 4. The minimum Gasteiger partial charge on any atom is -0.126 e. The highest BCUT2D eigenvalue weighted by molar-refractivity contribution is 5.85. The Kier molecular flexibility index (Phi) is 21.4. The van der Waals surface area contributed by atoms with E-state index in [2.05, 4.69) is 94.7 Å². The molecule has 4 rings (SSSR count). The molecule has 0 unspecified atom stereocenters. The van der Waals surface area contributed by atoms with E-state index in [0.717, 1.165) is 5.92 Å². The highest BCUT2D eigenvalue weighted by atomic mass is 14.3. The summed E-state index contributed by atoms with van der Waals surface area (Å²) in [6, 6.07) is 15.1. The molecule has 2 aromatic carbocycles. The predicted molar refractivity (Wildman–Crippen MR) is 175 cm³/mol. The molecular formula is C38H60. The van der Waals surface area contributed by atoms with Crippen LogP contribution >= 0.6 is 0 Å². The van der Waals surface area contributed by atoms with Gasteiger partial charge in [0, 0.05) is 5.41 Å². The average molecular weight is 517 g/mol. The van der Waals surface area contributed by atoms with Crippen LogP contribution in [0.1, 0.15) is 139 Å². The van der Waals surface area contributed by atoms with Gasteiger partial charge in [0.1, 0.15) is 0 Å². The molecule has 0 saturated heterocycles. The van der Waals surface area contributed by atoms with Crippen LogP contribution in [0.2, 0.25) is 0 Å². The summed E-state index contributed by atoms with van der Waals surface area (Å²) in [7, 11) is 0. The summed E-state index contributed by atoms with van der Waals surface area (Å²) < 4.78 is 0. The molecule has 0 aliphatic heterocycles. The second-order valence-electron chi connectivity index (χ2n) is 10.3. The van der Waals surface area contributed by atoms with Gasteiger partial charge in [-0.3, -0.25) is 0 Å². The molecule has 0 spiro atoms. The standard InChI is InChI=1S/C13H14.C13H22.C7H10.C3H8.C2H6/c1-2-6-11-8-5-9-12-7-3-4-10-13(11)12;1-4-9-13(6-3)10-7-12(5-2)8-11-13;1-2-4-7-5-3-6-7;1-3-2;1-2/h3-5,7-10H,2,6H2,1H3;12H,5-8,10-11H2,1-3H3;2H,3,5-6H2,1H3;3H2,1-2H3;1-2H3. The van der Waals surface area contributed by atoms with Crippen LogP contribution in [0.4, 0.5) is 0 Å². The monoisotopic (exact) mass is 516 g/mol. The Morgan fingerprint density at radius 3 is 1.95 bits per heavy atom. The second kappa shape index (κ2) is 22.7. The summed E-state index contributed by atoms with van der Waals surface area (Å²) in [5.74, 6) is 7.54. The van der Waals surface area contributed by atoms with E-state index >= 15 is 0 Å². The van der Waals surface area contributed by atoms with Crippen LogP contribution in [0, 0.1) is 23.2 Å². The second-order valence-corrected chi connectivity index (χ2v) is 10.3. The molecule has 0 N–H and O–H groups in total. The maximum Gasteiger partial charge on any atom is 0.0312 e.